The average Bonchev–Trinajstić information content (AvgIpc) is 3.27. The highest BCUT2D eigenvalue weighted by Crippen LogP contribution is 2.74. The van der Waals surface area contributed by atoms with Crippen molar-refractivity contribution in [3.8, 4) is 23.3 Å². The van der Waals surface area contributed by atoms with Gasteiger partial charge < -0.3 is 34.3 Å². The molecule has 1 saturated heterocycles. The van der Waals surface area contributed by atoms with E-state index in [1.54, 1.807) is 13.0 Å². The molecular formula is C44H52BrN3O7. The largest absolute Gasteiger partial charge is 0.482 e. The van der Waals surface area contributed by atoms with Crippen LogP contribution < -0.4 is 19.9 Å². The molecule has 3 saturated carbocycles. The highest BCUT2D eigenvalue weighted by atomic mass is 79.9. The van der Waals surface area contributed by atoms with E-state index in [2.05, 4.69) is 80.9 Å². The van der Waals surface area contributed by atoms with Crippen LogP contribution >= 0.6 is 15.9 Å². The number of allylic oxidation sites excluding steroid dienone is 5. The van der Waals surface area contributed by atoms with Crippen molar-refractivity contribution in [2.75, 3.05) is 19.7 Å². The topological polar surface area (TPSA) is 133 Å². The molecule has 2 N–H and O–H groups in total. The lowest BCUT2D eigenvalue weighted by Crippen LogP contribution is -2.75. The van der Waals surface area contributed by atoms with Crippen LogP contribution in [0.15, 0.2) is 58.0 Å². The van der Waals surface area contributed by atoms with Crippen molar-refractivity contribution in [1.29, 1.82) is 5.26 Å². The van der Waals surface area contributed by atoms with Crippen molar-refractivity contribution >= 4 is 39.5 Å². The Balaban J connectivity index is 1.59. The highest BCUT2D eigenvalue weighted by Gasteiger charge is 2.84. The zero-order valence-corrected chi connectivity index (χ0v) is 35.2. The molecule has 7 aliphatic rings. The number of fused-ring (bicyclic) bond motifs is 3. The molecule has 1 aromatic carbocycles. The molecule has 4 heterocycles. The molecule has 11 heteroatoms. The highest BCUT2D eigenvalue weighted by molar-refractivity contribution is 9.09. The molecule has 0 radical (unpaired) electrons. The predicted molar refractivity (Wildman–Crippen MR) is 214 cm³/mol. The first kappa shape index (κ1) is 39.0. The number of nitriles is 1. The van der Waals surface area contributed by atoms with Crippen LogP contribution in [0.4, 0.5) is 0 Å². The summed E-state index contributed by atoms with van der Waals surface area (Å²) in [5, 5.41) is 10.7. The number of ketones is 1. The van der Waals surface area contributed by atoms with Crippen LogP contribution in [0.25, 0.3) is 11.8 Å². The molecule has 0 amide bonds. The molecule has 292 valence electrons. The monoisotopic (exact) mass is 813 g/mol. The summed E-state index contributed by atoms with van der Waals surface area (Å²) in [5.74, 6) is -0.171. The number of esters is 1. The Morgan fingerprint density at radius 2 is 1.82 bits per heavy atom. The number of Topliss-reactive ketones (excluding diaryl/α,β-unsaturated/α-hetero) is 1. The molecular weight excluding hydrogens is 762 g/mol. The van der Waals surface area contributed by atoms with E-state index >= 15 is 4.79 Å². The molecule has 4 bridgehead atoms. The second-order valence-electron chi connectivity index (χ2n) is 17.0. The van der Waals surface area contributed by atoms with E-state index in [9.17, 15) is 10.1 Å². The fraction of sp³-hybridized carbons (Fsp3) is 0.523. The summed E-state index contributed by atoms with van der Waals surface area (Å²) in [6, 6.07) is 2.40. The fourth-order valence-electron chi connectivity index (χ4n) is 10.1. The molecule has 1 aromatic rings. The van der Waals surface area contributed by atoms with Crippen molar-refractivity contribution in [2.45, 2.75) is 110 Å². The van der Waals surface area contributed by atoms with Gasteiger partial charge in [-0.15, -0.1) is 0 Å². The van der Waals surface area contributed by atoms with E-state index in [1.165, 1.54) is 12.7 Å². The maximum absolute atomic E-state index is 15.3. The zero-order chi connectivity index (χ0) is 40.0. The Bertz CT molecular complexity index is 2130. The molecule has 0 aromatic heterocycles. The Hall–Kier alpha value is -4.27. The van der Waals surface area contributed by atoms with E-state index in [1.807, 2.05) is 25.8 Å². The van der Waals surface area contributed by atoms with E-state index in [4.69, 9.17) is 29.4 Å². The molecule has 4 fully saturated rings. The van der Waals surface area contributed by atoms with Crippen LogP contribution in [0.2, 0.25) is 0 Å². The summed E-state index contributed by atoms with van der Waals surface area (Å²) in [5.41, 5.74) is 9.63. The second-order valence-corrected chi connectivity index (χ2v) is 17.4. The van der Waals surface area contributed by atoms with Crippen LogP contribution in [0.5, 0.6) is 17.2 Å². The van der Waals surface area contributed by atoms with Gasteiger partial charge in [-0.2, -0.15) is 5.26 Å². The lowest BCUT2D eigenvalue weighted by molar-refractivity contribution is -0.181. The maximum Gasteiger partial charge on any atom is 0.333 e. The molecule has 6 atom stereocenters. The van der Waals surface area contributed by atoms with Gasteiger partial charge in [0, 0.05) is 47.9 Å². The average molecular weight is 815 g/mol. The number of carbonyl (C=O) groups is 2. The van der Waals surface area contributed by atoms with Gasteiger partial charge in [0.1, 0.15) is 34.2 Å². The fourth-order valence-corrected chi connectivity index (χ4v) is 10.4. The van der Waals surface area contributed by atoms with Gasteiger partial charge in [0.15, 0.2) is 17.0 Å². The SMILES string of the molecule is COC(=O)/C(C)=C\CC12OC(C)(C)C3CC(C1=O)C1C(C#N)=C(N)N(C)C4=C1C32Oc1c(CC=C(C)C)c2c(c(OCBr)c14)C=CC(C)(CCC=C(C)C)O2. The molecule has 4 aliphatic heterocycles. The minimum absolute atomic E-state index is 0.0630. The third kappa shape index (κ3) is 5.48. The number of hydrogen-bond donors (Lipinski definition) is 1. The Kier molecular flexibility index (Phi) is 9.53. The van der Waals surface area contributed by atoms with Crippen molar-refractivity contribution in [2.24, 2.45) is 23.5 Å². The molecule has 3 aliphatic carbocycles. The van der Waals surface area contributed by atoms with Crippen LogP contribution in [0.3, 0.4) is 0 Å². The molecule has 10 nitrogen and oxygen atoms in total. The van der Waals surface area contributed by atoms with Gasteiger partial charge in [-0.1, -0.05) is 29.4 Å². The van der Waals surface area contributed by atoms with Crippen molar-refractivity contribution in [3.63, 3.8) is 0 Å². The normalized spacial score (nSPS) is 30.4. The Labute approximate surface area is 332 Å². The molecule has 6 unspecified atom stereocenters. The lowest BCUT2D eigenvalue weighted by atomic mass is 9.44. The first-order valence-corrected chi connectivity index (χ1v) is 20.2. The molecule has 55 heavy (non-hydrogen) atoms. The quantitative estimate of drug-likeness (QED) is 0.107. The standard InChI is InChI=1S/C44H52BrN3O7/c1-23(2)12-11-17-42(8)18-16-27-35(53-42)26(14-13-24(3)4)37-32(36(27)52-22-45)34-33-31(29(21-46)39(47)48(34)9)28-20-30-41(6,7)55-43(38(28)49,44(30,33)54-37)19-15-25(5)40(50)51-10/h12-13,15-16,18,28,30-31H,11,14,17,19-20,22,47H2,1-10H3/b25-15-. The predicted octanol–water partition coefficient (Wildman–Crippen LogP) is 8.21. The van der Waals surface area contributed by atoms with Crippen LogP contribution in [-0.2, 0) is 25.5 Å². The number of nitrogens with zero attached hydrogens (tertiary/aromatic N) is 2. The van der Waals surface area contributed by atoms with Gasteiger partial charge in [0.25, 0.3) is 0 Å². The van der Waals surface area contributed by atoms with Gasteiger partial charge in [-0.3, -0.25) is 4.79 Å². The number of rotatable bonds is 10. The third-order valence-electron chi connectivity index (χ3n) is 12.6. The number of benzene rings is 1. The number of hydrogen-bond acceptors (Lipinski definition) is 10. The van der Waals surface area contributed by atoms with E-state index in [-0.39, 0.29) is 29.5 Å². The number of halogens is 1. The number of alkyl halides is 1. The number of methoxy groups -OCH3 is 1. The Morgan fingerprint density at radius 3 is 2.45 bits per heavy atom. The summed E-state index contributed by atoms with van der Waals surface area (Å²) < 4.78 is 33.6. The number of nitrogens with two attached hydrogens (primary N) is 1. The van der Waals surface area contributed by atoms with Crippen LogP contribution in [-0.4, -0.2) is 58.7 Å². The molecule has 1 spiro atoms. The van der Waals surface area contributed by atoms with E-state index in [0.717, 1.165) is 40.8 Å². The number of carbonyl (C=O) groups excluding carboxylic acids is 2. The first-order valence-electron chi connectivity index (χ1n) is 19.1. The van der Waals surface area contributed by atoms with Gasteiger partial charge in [0.2, 0.25) is 0 Å². The maximum atomic E-state index is 15.3. The van der Waals surface area contributed by atoms with Crippen molar-refractivity contribution in [1.82, 2.24) is 4.90 Å². The van der Waals surface area contributed by atoms with Crippen LogP contribution in [0, 0.1) is 29.1 Å². The Morgan fingerprint density at radius 1 is 1.11 bits per heavy atom. The van der Waals surface area contributed by atoms with Gasteiger partial charge in [0.05, 0.1) is 41.2 Å². The second kappa shape index (κ2) is 13.4. The third-order valence-corrected chi connectivity index (χ3v) is 12.8. The van der Waals surface area contributed by atoms with E-state index in [0.29, 0.717) is 46.8 Å². The van der Waals surface area contributed by atoms with Crippen molar-refractivity contribution in [3.05, 3.63) is 74.7 Å². The van der Waals surface area contributed by atoms with E-state index < -0.39 is 40.2 Å². The lowest BCUT2D eigenvalue weighted by Gasteiger charge is -2.63. The van der Waals surface area contributed by atoms with Gasteiger partial charge in [-0.05, 0) is 109 Å². The summed E-state index contributed by atoms with van der Waals surface area (Å²) >= 11 is 3.55. The summed E-state index contributed by atoms with van der Waals surface area (Å²) in [7, 11) is 3.20. The zero-order valence-electron chi connectivity index (χ0n) is 33.6. The van der Waals surface area contributed by atoms with Crippen LogP contribution in [0.1, 0.15) is 97.8 Å². The first-order chi connectivity index (χ1) is 25.9. The number of ether oxygens (including phenoxy) is 5. The van der Waals surface area contributed by atoms with Gasteiger partial charge in [-0.25, -0.2) is 4.79 Å². The van der Waals surface area contributed by atoms with Gasteiger partial charge >= 0.3 is 5.97 Å². The minimum atomic E-state index is -1.54. The summed E-state index contributed by atoms with van der Waals surface area (Å²) in [4.78, 5) is 29.9. The van der Waals surface area contributed by atoms with Crippen molar-refractivity contribution < 1.29 is 33.3 Å². The molecule has 8 rings (SSSR count). The summed E-state index contributed by atoms with van der Waals surface area (Å²) in [6.45, 7) is 16.1. The smallest absolute Gasteiger partial charge is 0.333 e. The minimum Gasteiger partial charge on any atom is -0.482 e. The summed E-state index contributed by atoms with van der Waals surface area (Å²) in [6.07, 6.45) is 12.9.